The molecule has 258 valence electrons. The molecule has 9 nitrogen and oxygen atoms in total. The Balaban J connectivity index is 4.25. The second-order valence-electron chi connectivity index (χ2n) is 14.5. The van der Waals surface area contributed by atoms with Crippen LogP contribution in [0.3, 0.4) is 0 Å². The Morgan fingerprint density at radius 1 is 0.477 bits per heavy atom. The van der Waals surface area contributed by atoms with Crippen molar-refractivity contribution in [2.75, 3.05) is 39.6 Å². The molecular weight excluding hydrogens is 645 g/mol. The normalized spacial score (nSPS) is 13.1. The molecule has 0 aromatic heterocycles. The van der Waals surface area contributed by atoms with E-state index < -0.39 is 41.8 Å². The highest BCUT2D eigenvalue weighted by molar-refractivity contribution is 6.88. The van der Waals surface area contributed by atoms with Crippen molar-refractivity contribution >= 4 is 53.8 Å². The number of carbonyl (C=O) groups excluding carboxylic acids is 2. The maximum absolute atomic E-state index is 11.6. The van der Waals surface area contributed by atoms with Crippen LogP contribution >= 0.6 is 0 Å². The van der Waals surface area contributed by atoms with Crippen molar-refractivity contribution in [3.05, 3.63) is 24.3 Å². The minimum atomic E-state index is -2.32. The fraction of sp³-hybridized carbons (Fsp3) is 0.800. The van der Waals surface area contributed by atoms with Gasteiger partial charge in [0, 0.05) is 24.4 Å². The number of hydrogen-bond donors (Lipinski definition) is 0. The molecule has 0 rings (SSSR count). The zero-order chi connectivity index (χ0) is 34.2. The van der Waals surface area contributed by atoms with Crippen LogP contribution in [0.1, 0.15) is 26.7 Å². The van der Waals surface area contributed by atoms with Gasteiger partial charge < -0.3 is 31.3 Å². The van der Waals surface area contributed by atoms with Crippen LogP contribution in [0.4, 0.5) is 0 Å². The van der Waals surface area contributed by atoms with Gasteiger partial charge in [0.15, 0.2) is 33.3 Å². The summed E-state index contributed by atoms with van der Waals surface area (Å²) in [7, 11) is -9.97. The first-order chi connectivity index (χ1) is 20.0. The van der Waals surface area contributed by atoms with Crippen LogP contribution in [-0.4, -0.2) is 93.4 Å². The Labute approximate surface area is 274 Å². The average molecular weight is 709 g/mol. The van der Waals surface area contributed by atoms with Crippen LogP contribution in [0.25, 0.3) is 0 Å². The summed E-state index contributed by atoms with van der Waals surface area (Å²) < 4.78 is 42.2. The van der Waals surface area contributed by atoms with Crippen LogP contribution < -0.4 is 0 Å². The minimum Gasteiger partial charge on any atom is -0.462 e. The lowest BCUT2D eigenvalue weighted by atomic mass is 10.4. The van der Waals surface area contributed by atoms with Crippen LogP contribution in [-0.2, 0) is 40.9 Å². The van der Waals surface area contributed by atoms with Crippen LogP contribution in [0.15, 0.2) is 24.3 Å². The molecule has 44 heavy (non-hydrogen) atoms. The van der Waals surface area contributed by atoms with Gasteiger partial charge in [-0.25, -0.2) is 9.59 Å². The molecule has 0 spiro atoms. The van der Waals surface area contributed by atoms with E-state index in [2.05, 4.69) is 78.6 Å². The number of esters is 2. The van der Waals surface area contributed by atoms with Crippen LogP contribution in [0.2, 0.25) is 89.6 Å². The monoisotopic (exact) mass is 708 g/mol. The van der Waals surface area contributed by atoms with Gasteiger partial charge in [-0.05, 0) is 116 Å². The van der Waals surface area contributed by atoms with Crippen molar-refractivity contribution in [3.8, 4) is 0 Å². The van der Waals surface area contributed by atoms with E-state index in [0.29, 0.717) is 50.8 Å². The van der Waals surface area contributed by atoms with Crippen molar-refractivity contribution < 1.29 is 40.9 Å². The molecule has 0 amide bonds. The smallest absolute Gasteiger partial charge is 0.333 e. The second kappa shape index (κ2) is 19.8. The predicted molar refractivity (Wildman–Crippen MR) is 192 cm³/mol. The summed E-state index contributed by atoms with van der Waals surface area (Å²) in [5.74, 6) is -0.664. The lowest BCUT2D eigenvalue weighted by Gasteiger charge is -2.38. The second-order valence-corrected chi connectivity index (χ2v) is 35.8. The standard InChI is InChI=1S/C30H64O9Si5/c1-27(2)29(31)35-17-15-23-40(5,6)37-42(9,10)25-21-33-19-20-34-22-26-43(11,12)39-44(13,14)38-41(7,8)24-16-18-36-30(32)28(3)4/h1,3,15-26H2,2,4-14H3. The Bertz CT molecular complexity index is 921. The maximum atomic E-state index is 11.6. The maximum Gasteiger partial charge on any atom is 0.333 e. The van der Waals surface area contributed by atoms with E-state index in [1.165, 1.54) is 0 Å². The Morgan fingerprint density at radius 2 is 0.795 bits per heavy atom. The van der Waals surface area contributed by atoms with Gasteiger partial charge in [-0.15, -0.1) is 0 Å². The van der Waals surface area contributed by atoms with Gasteiger partial charge in [0.05, 0.1) is 26.4 Å². The molecule has 0 aliphatic rings. The minimum absolute atomic E-state index is 0.327. The number of hydrogen-bond acceptors (Lipinski definition) is 9. The number of ether oxygens (including phenoxy) is 4. The SMILES string of the molecule is C=C(C)C(=O)OCCC[Si](C)(C)O[Si](C)(C)CCOCCOCC[Si](C)(C)O[Si](C)(C)O[Si](C)(C)CCCOC(=O)C(=C)C. The topological polar surface area (TPSA) is 98.8 Å². The van der Waals surface area contributed by atoms with Gasteiger partial charge in [-0.2, -0.15) is 0 Å². The zero-order valence-corrected chi connectivity index (χ0v) is 35.1. The number of rotatable bonds is 25. The first-order valence-corrected chi connectivity index (χ1v) is 31.2. The highest BCUT2D eigenvalue weighted by Crippen LogP contribution is 2.26. The lowest BCUT2D eigenvalue weighted by Crippen LogP contribution is -2.52. The third-order valence-corrected chi connectivity index (χ3v) is 25.4. The fourth-order valence-corrected chi connectivity index (χ4v) is 26.9. The third kappa shape index (κ3) is 22.8. The molecule has 0 heterocycles. The molecule has 0 atom stereocenters. The molecule has 0 aliphatic carbocycles. The van der Waals surface area contributed by atoms with Gasteiger partial charge >= 0.3 is 20.5 Å². The zero-order valence-electron chi connectivity index (χ0n) is 30.1. The summed E-state index contributed by atoms with van der Waals surface area (Å²) in [6.07, 6.45) is 1.59. The first-order valence-electron chi connectivity index (χ1n) is 15.9. The van der Waals surface area contributed by atoms with E-state index in [9.17, 15) is 9.59 Å². The van der Waals surface area contributed by atoms with E-state index in [-0.39, 0.29) is 11.9 Å². The molecule has 0 aromatic carbocycles. The summed E-state index contributed by atoms with van der Waals surface area (Å²) in [5.41, 5.74) is 0.852. The highest BCUT2D eigenvalue weighted by Gasteiger charge is 2.39. The van der Waals surface area contributed by atoms with Gasteiger partial charge in [-0.1, -0.05) is 13.2 Å². The quantitative estimate of drug-likeness (QED) is 0.0411. The molecule has 0 bridgehead atoms. The average Bonchev–Trinajstić information content (AvgIpc) is 2.83. The summed E-state index contributed by atoms with van der Waals surface area (Å²) in [5, 5.41) is 0. The summed E-state index contributed by atoms with van der Waals surface area (Å²) in [6, 6.07) is 3.68. The van der Waals surface area contributed by atoms with Crippen LogP contribution in [0, 0.1) is 0 Å². The molecule has 0 fully saturated rings. The molecule has 0 aliphatic heterocycles. The van der Waals surface area contributed by atoms with Crippen molar-refractivity contribution in [1.29, 1.82) is 0 Å². The largest absolute Gasteiger partial charge is 0.462 e. The summed E-state index contributed by atoms with van der Waals surface area (Å²) in [4.78, 5) is 23.1. The van der Waals surface area contributed by atoms with Gasteiger partial charge in [0.2, 0.25) is 0 Å². The van der Waals surface area contributed by atoms with Gasteiger partial charge in [0.1, 0.15) is 0 Å². The van der Waals surface area contributed by atoms with Crippen molar-refractivity contribution in [2.45, 2.75) is 116 Å². The third-order valence-electron chi connectivity index (χ3n) is 6.68. The van der Waals surface area contributed by atoms with E-state index >= 15 is 0 Å². The van der Waals surface area contributed by atoms with E-state index in [0.717, 1.165) is 37.0 Å². The van der Waals surface area contributed by atoms with Gasteiger partial charge in [-0.3, -0.25) is 0 Å². The number of carbonyl (C=O) groups is 2. The lowest BCUT2D eigenvalue weighted by molar-refractivity contribution is -0.139. The van der Waals surface area contributed by atoms with Crippen molar-refractivity contribution in [2.24, 2.45) is 0 Å². The van der Waals surface area contributed by atoms with Crippen molar-refractivity contribution in [3.63, 3.8) is 0 Å². The molecule has 0 saturated heterocycles. The Kier molecular flexibility index (Phi) is 19.5. The summed E-state index contributed by atoms with van der Waals surface area (Å²) >= 11 is 0. The van der Waals surface area contributed by atoms with Crippen molar-refractivity contribution in [1.82, 2.24) is 0 Å². The van der Waals surface area contributed by atoms with E-state index in [1.54, 1.807) is 13.8 Å². The molecule has 0 aromatic rings. The summed E-state index contributed by atoms with van der Waals surface area (Å²) in [6.45, 7) is 35.9. The Morgan fingerprint density at radius 3 is 1.16 bits per heavy atom. The predicted octanol–water partition coefficient (Wildman–Crippen LogP) is 7.61. The fourth-order valence-electron chi connectivity index (χ4n) is 4.83. The first kappa shape index (κ1) is 43.3. The molecule has 0 unspecified atom stereocenters. The molecule has 0 saturated carbocycles. The Hall–Kier alpha value is -0.696. The highest BCUT2D eigenvalue weighted by atomic mass is 28.5. The van der Waals surface area contributed by atoms with E-state index in [4.69, 9.17) is 31.3 Å². The molecule has 0 N–H and O–H groups in total. The molecule has 14 heteroatoms. The van der Waals surface area contributed by atoms with E-state index in [1.807, 2.05) is 0 Å². The van der Waals surface area contributed by atoms with Gasteiger partial charge in [0.25, 0.3) is 0 Å². The molecular formula is C30H64O9Si5. The molecule has 0 radical (unpaired) electrons. The van der Waals surface area contributed by atoms with Crippen LogP contribution in [0.5, 0.6) is 0 Å².